The van der Waals surface area contributed by atoms with Crippen LogP contribution in [-0.4, -0.2) is 20.7 Å². The quantitative estimate of drug-likeness (QED) is 0.667. The van der Waals surface area contributed by atoms with Crippen molar-refractivity contribution in [2.45, 2.75) is 57.7 Å². The normalized spacial score (nSPS) is 22.3. The number of carbonyl (C=O) groups is 1. The fourth-order valence-corrected chi connectivity index (χ4v) is 5.25. The number of benzene rings is 1. The lowest BCUT2D eigenvalue weighted by Crippen LogP contribution is -2.33. The van der Waals surface area contributed by atoms with Gasteiger partial charge in [-0.3, -0.25) is 4.79 Å². The van der Waals surface area contributed by atoms with Crippen molar-refractivity contribution in [3.05, 3.63) is 35.6 Å². The second-order valence-corrected chi connectivity index (χ2v) is 11.4. The molecule has 1 saturated carbocycles. The van der Waals surface area contributed by atoms with E-state index in [9.17, 15) is 9.18 Å². The van der Waals surface area contributed by atoms with E-state index >= 15 is 0 Å². The predicted molar refractivity (Wildman–Crippen MR) is 90.0 cm³/mol. The van der Waals surface area contributed by atoms with E-state index < -0.39 is 8.32 Å². The Kier molecular flexibility index (Phi) is 5.92. The van der Waals surface area contributed by atoms with Gasteiger partial charge in [-0.2, -0.15) is 0 Å². The smallest absolute Gasteiger partial charge is 0.186 e. The van der Waals surface area contributed by atoms with E-state index in [-0.39, 0.29) is 23.4 Å². The summed E-state index contributed by atoms with van der Waals surface area (Å²) in [4.78, 5) is 11.9. The highest BCUT2D eigenvalue weighted by Gasteiger charge is 2.35. The predicted octanol–water partition coefficient (Wildman–Crippen LogP) is 4.91. The highest BCUT2D eigenvalue weighted by atomic mass is 28.4. The minimum atomic E-state index is -1.64. The Morgan fingerprint density at radius 3 is 2.77 bits per heavy atom. The molecule has 122 valence electrons. The van der Waals surface area contributed by atoms with E-state index in [1.807, 2.05) is 6.07 Å². The summed E-state index contributed by atoms with van der Waals surface area (Å²) in [7, 11) is -1.64. The summed E-state index contributed by atoms with van der Waals surface area (Å²) in [6.07, 6.45) is 3.48. The summed E-state index contributed by atoms with van der Waals surface area (Å²) >= 11 is 0. The van der Waals surface area contributed by atoms with Crippen LogP contribution in [0.4, 0.5) is 4.39 Å². The number of Topliss-reactive ketones (excluding diaryl/α,β-unsaturated/α-hetero) is 1. The Morgan fingerprint density at radius 2 is 2.09 bits per heavy atom. The number of carbonyl (C=O) groups excluding carboxylic acids is 1. The molecule has 2 unspecified atom stereocenters. The van der Waals surface area contributed by atoms with Gasteiger partial charge in [-0.05, 0) is 48.7 Å². The van der Waals surface area contributed by atoms with Crippen molar-refractivity contribution >= 4 is 14.1 Å². The molecule has 0 radical (unpaired) electrons. The molecule has 1 aromatic carbocycles. The van der Waals surface area contributed by atoms with Gasteiger partial charge in [0.2, 0.25) is 0 Å². The molecule has 0 spiro atoms. The Morgan fingerprint density at radius 1 is 1.32 bits per heavy atom. The van der Waals surface area contributed by atoms with Gasteiger partial charge in [0, 0.05) is 19.4 Å². The highest BCUT2D eigenvalue weighted by Crippen LogP contribution is 2.38. The summed E-state index contributed by atoms with van der Waals surface area (Å²) in [5.74, 6) is 0.354. The first-order chi connectivity index (χ1) is 10.4. The van der Waals surface area contributed by atoms with Crippen LogP contribution >= 0.6 is 0 Å². The minimum absolute atomic E-state index is 0.110. The largest absolute Gasteiger partial charge is 0.417 e. The van der Waals surface area contributed by atoms with Gasteiger partial charge in [0.25, 0.3) is 0 Å². The molecule has 0 heterocycles. The van der Waals surface area contributed by atoms with Crippen LogP contribution in [0.1, 0.15) is 44.1 Å². The molecule has 4 heteroatoms. The van der Waals surface area contributed by atoms with Gasteiger partial charge < -0.3 is 4.43 Å². The van der Waals surface area contributed by atoms with Crippen LogP contribution in [0.5, 0.6) is 0 Å². The first-order valence-corrected chi connectivity index (χ1v) is 11.4. The molecular formula is C18H27FO2Si. The molecule has 1 aliphatic rings. The van der Waals surface area contributed by atoms with E-state index in [0.29, 0.717) is 19.4 Å². The fraction of sp³-hybridized carbons (Fsp3) is 0.611. The van der Waals surface area contributed by atoms with Gasteiger partial charge in [0.15, 0.2) is 8.32 Å². The van der Waals surface area contributed by atoms with E-state index in [2.05, 4.69) is 20.0 Å². The number of ketones is 1. The zero-order valence-electron chi connectivity index (χ0n) is 13.9. The van der Waals surface area contributed by atoms with Gasteiger partial charge >= 0.3 is 0 Å². The molecule has 2 rings (SSSR count). The number of rotatable bonds is 7. The van der Waals surface area contributed by atoms with Crippen molar-refractivity contribution < 1.29 is 13.6 Å². The first-order valence-electron chi connectivity index (χ1n) is 8.32. The second-order valence-electron chi connectivity index (χ2n) is 7.04. The second kappa shape index (κ2) is 7.51. The summed E-state index contributed by atoms with van der Waals surface area (Å²) in [6.45, 7) is 7.32. The average molecular weight is 322 g/mol. The van der Waals surface area contributed by atoms with Crippen LogP contribution in [0.15, 0.2) is 24.3 Å². The van der Waals surface area contributed by atoms with Gasteiger partial charge in [0.05, 0.1) is 0 Å². The monoisotopic (exact) mass is 322 g/mol. The fourth-order valence-electron chi connectivity index (χ4n) is 3.24. The van der Waals surface area contributed by atoms with Crippen LogP contribution in [0.3, 0.4) is 0 Å². The zero-order chi connectivity index (χ0) is 16.2. The number of hydrogen-bond acceptors (Lipinski definition) is 2. The average Bonchev–Trinajstić information content (AvgIpc) is 2.84. The summed E-state index contributed by atoms with van der Waals surface area (Å²) in [5.41, 5.74) is 0.937. The maximum absolute atomic E-state index is 13.4. The van der Waals surface area contributed by atoms with Crippen LogP contribution < -0.4 is 0 Å². The molecule has 1 fully saturated rings. The Balaban J connectivity index is 2.01. The standard InChI is InChI=1S/C18H27FO2Si/c1-4-5-9-22(2,3)21-13-15-11-17(20)12-18(15)14-7-6-8-16(19)10-14/h6-8,10,15,18H,4-5,9,11-13H2,1-3H3. The zero-order valence-corrected chi connectivity index (χ0v) is 14.9. The van der Waals surface area contributed by atoms with Gasteiger partial charge in [-0.15, -0.1) is 0 Å². The highest BCUT2D eigenvalue weighted by molar-refractivity contribution is 6.71. The molecule has 0 saturated heterocycles. The maximum atomic E-state index is 13.4. The number of unbranched alkanes of at least 4 members (excludes halogenated alkanes) is 1. The third-order valence-corrected chi connectivity index (χ3v) is 7.11. The molecule has 0 amide bonds. The van der Waals surface area contributed by atoms with Gasteiger partial charge in [-0.1, -0.05) is 31.9 Å². The summed E-state index contributed by atoms with van der Waals surface area (Å²) < 4.78 is 19.7. The summed E-state index contributed by atoms with van der Waals surface area (Å²) in [5, 5.41) is 0. The lowest BCUT2D eigenvalue weighted by Gasteiger charge is -2.27. The Hall–Kier alpha value is -1.00. The molecule has 2 nitrogen and oxygen atoms in total. The molecule has 0 bridgehead atoms. The van der Waals surface area contributed by atoms with Crippen molar-refractivity contribution in [3.63, 3.8) is 0 Å². The van der Waals surface area contributed by atoms with Gasteiger partial charge in [0.1, 0.15) is 11.6 Å². The SMILES string of the molecule is CCCC[Si](C)(C)OCC1CC(=O)CC1c1cccc(F)c1. The Bertz CT molecular complexity index is 516. The van der Waals surface area contributed by atoms with Crippen molar-refractivity contribution in [2.24, 2.45) is 5.92 Å². The molecule has 0 N–H and O–H groups in total. The van der Waals surface area contributed by atoms with E-state index in [0.717, 1.165) is 11.6 Å². The van der Waals surface area contributed by atoms with Crippen LogP contribution in [-0.2, 0) is 9.22 Å². The minimum Gasteiger partial charge on any atom is -0.417 e. The molecule has 0 aromatic heterocycles. The lowest BCUT2D eigenvalue weighted by molar-refractivity contribution is -0.117. The van der Waals surface area contributed by atoms with Crippen LogP contribution in [0.2, 0.25) is 19.1 Å². The first kappa shape index (κ1) is 17.4. The molecule has 1 aliphatic carbocycles. The Labute approximate surface area is 134 Å². The van der Waals surface area contributed by atoms with Crippen LogP contribution in [0.25, 0.3) is 0 Å². The molecule has 1 aromatic rings. The third-order valence-electron chi connectivity index (χ3n) is 4.60. The van der Waals surface area contributed by atoms with E-state index in [1.165, 1.54) is 18.9 Å². The van der Waals surface area contributed by atoms with E-state index in [4.69, 9.17) is 4.43 Å². The van der Waals surface area contributed by atoms with Gasteiger partial charge in [-0.25, -0.2) is 4.39 Å². The molecule has 2 atom stereocenters. The van der Waals surface area contributed by atoms with Crippen molar-refractivity contribution in [2.75, 3.05) is 6.61 Å². The van der Waals surface area contributed by atoms with Crippen molar-refractivity contribution in [1.82, 2.24) is 0 Å². The van der Waals surface area contributed by atoms with Crippen LogP contribution in [0, 0.1) is 11.7 Å². The molecular weight excluding hydrogens is 295 g/mol. The lowest BCUT2D eigenvalue weighted by atomic mass is 9.89. The molecule has 0 aliphatic heterocycles. The van der Waals surface area contributed by atoms with Crippen molar-refractivity contribution in [1.29, 1.82) is 0 Å². The van der Waals surface area contributed by atoms with Crippen molar-refractivity contribution in [3.8, 4) is 0 Å². The molecule has 22 heavy (non-hydrogen) atoms. The van der Waals surface area contributed by atoms with E-state index in [1.54, 1.807) is 12.1 Å². The third kappa shape index (κ3) is 4.75. The maximum Gasteiger partial charge on any atom is 0.186 e. The number of halogens is 1. The number of hydrogen-bond donors (Lipinski definition) is 0. The summed E-state index contributed by atoms with van der Waals surface area (Å²) in [6, 6.07) is 7.83. The topological polar surface area (TPSA) is 26.3 Å².